The molecule has 1 aliphatic rings. The molecular weight excluding hydrogens is 299 g/mol. The maximum absolute atomic E-state index is 9.29. The molecule has 2 nitrogen and oxygen atoms in total. The molecule has 0 spiro atoms. The zero-order valence-corrected chi connectivity index (χ0v) is 13.1. The van der Waals surface area contributed by atoms with Crippen LogP contribution in [0.4, 0.5) is 0 Å². The number of nitriles is 1. The van der Waals surface area contributed by atoms with Crippen molar-refractivity contribution in [2.75, 3.05) is 5.75 Å². The number of rotatable bonds is 6. The molecule has 0 heterocycles. The first-order valence-electron chi connectivity index (χ1n) is 6.29. The zero-order valence-electron chi connectivity index (χ0n) is 10.7. The van der Waals surface area contributed by atoms with Gasteiger partial charge in [-0.3, -0.25) is 5.32 Å². The van der Waals surface area contributed by atoms with Crippen LogP contribution in [0, 0.1) is 11.3 Å². The quantitative estimate of drug-likeness (QED) is 0.785. The first kappa shape index (κ1) is 15.0. The van der Waals surface area contributed by atoms with Crippen LogP contribution in [0.25, 0.3) is 0 Å². The average Bonchev–Trinajstić information content (AvgIpc) is 3.17. The van der Waals surface area contributed by atoms with Crippen LogP contribution >= 0.6 is 35.0 Å². The number of hydrogen-bond donors (Lipinski definition) is 1. The van der Waals surface area contributed by atoms with Crippen LogP contribution in [0.2, 0.25) is 10.0 Å². The molecule has 0 amide bonds. The van der Waals surface area contributed by atoms with E-state index in [0.717, 1.165) is 17.1 Å². The van der Waals surface area contributed by atoms with Gasteiger partial charge in [-0.05, 0) is 44.4 Å². The molecule has 1 atom stereocenters. The van der Waals surface area contributed by atoms with E-state index in [-0.39, 0.29) is 0 Å². The molecule has 0 bridgehead atoms. The van der Waals surface area contributed by atoms with Gasteiger partial charge in [-0.15, -0.1) is 11.8 Å². The number of hydrogen-bond acceptors (Lipinski definition) is 3. The average molecular weight is 315 g/mol. The van der Waals surface area contributed by atoms with Crippen LogP contribution in [-0.2, 0) is 0 Å². The molecule has 2 rings (SSSR count). The Bertz CT molecular complexity index is 497. The van der Waals surface area contributed by atoms with Crippen LogP contribution in [0.1, 0.15) is 26.2 Å². The molecule has 19 heavy (non-hydrogen) atoms. The van der Waals surface area contributed by atoms with E-state index in [4.69, 9.17) is 23.2 Å². The van der Waals surface area contributed by atoms with Crippen LogP contribution in [-0.4, -0.2) is 17.3 Å². The molecular formula is C14H16Cl2N2S. The fourth-order valence-corrected chi connectivity index (χ4v) is 3.46. The summed E-state index contributed by atoms with van der Waals surface area (Å²) in [6.45, 7) is 1.96. The molecule has 0 saturated heterocycles. The maximum atomic E-state index is 9.29. The van der Waals surface area contributed by atoms with E-state index >= 15 is 0 Å². The molecule has 0 aromatic heterocycles. The number of nitrogens with one attached hydrogen (secondary N) is 1. The van der Waals surface area contributed by atoms with Gasteiger partial charge in [0.1, 0.15) is 5.54 Å². The summed E-state index contributed by atoms with van der Waals surface area (Å²) < 4.78 is 0. The van der Waals surface area contributed by atoms with Crippen LogP contribution in [0.5, 0.6) is 0 Å². The minimum absolute atomic E-state index is 0.445. The van der Waals surface area contributed by atoms with Crippen molar-refractivity contribution in [3.05, 3.63) is 28.2 Å². The first-order valence-corrected chi connectivity index (χ1v) is 8.03. The summed E-state index contributed by atoms with van der Waals surface area (Å²) in [7, 11) is 0. The maximum Gasteiger partial charge on any atom is 0.104 e. The summed E-state index contributed by atoms with van der Waals surface area (Å²) in [6, 6.07) is 8.36. The molecule has 1 fully saturated rings. The number of halogens is 2. The summed E-state index contributed by atoms with van der Waals surface area (Å²) in [4.78, 5) is 0.973. The summed E-state index contributed by atoms with van der Waals surface area (Å²) in [6.07, 6.45) is 3.16. The van der Waals surface area contributed by atoms with Crippen LogP contribution < -0.4 is 5.32 Å². The second-order valence-corrected chi connectivity index (χ2v) is 7.02. The van der Waals surface area contributed by atoms with Gasteiger partial charge in [0.2, 0.25) is 0 Å². The summed E-state index contributed by atoms with van der Waals surface area (Å²) >= 11 is 13.7. The van der Waals surface area contributed by atoms with Gasteiger partial charge in [0.25, 0.3) is 0 Å². The fraction of sp³-hybridized carbons (Fsp3) is 0.500. The molecule has 1 unspecified atom stereocenters. The van der Waals surface area contributed by atoms with Crippen molar-refractivity contribution in [1.82, 2.24) is 5.32 Å². The topological polar surface area (TPSA) is 35.8 Å². The van der Waals surface area contributed by atoms with Gasteiger partial charge in [0, 0.05) is 21.7 Å². The van der Waals surface area contributed by atoms with Gasteiger partial charge in [-0.1, -0.05) is 23.2 Å². The predicted molar refractivity (Wildman–Crippen MR) is 82.0 cm³/mol. The van der Waals surface area contributed by atoms with E-state index in [1.807, 2.05) is 13.0 Å². The minimum atomic E-state index is -0.445. The second kappa shape index (κ2) is 6.37. The van der Waals surface area contributed by atoms with Gasteiger partial charge in [-0.25, -0.2) is 0 Å². The molecule has 102 valence electrons. The lowest BCUT2D eigenvalue weighted by Gasteiger charge is -2.23. The highest BCUT2D eigenvalue weighted by Gasteiger charge is 2.32. The first-order chi connectivity index (χ1) is 9.02. The Labute approximate surface area is 128 Å². The standard InChI is InChI=1S/C14H16Cl2N2S/c1-14(9-17,18-11-3-4-11)6-7-19-13-8-10(15)2-5-12(13)16/h2,5,8,11,18H,3-4,6-7H2,1H3. The van der Waals surface area contributed by atoms with E-state index in [1.165, 1.54) is 12.8 Å². The zero-order chi connectivity index (χ0) is 13.9. The van der Waals surface area contributed by atoms with Crippen LogP contribution in [0.15, 0.2) is 23.1 Å². The van der Waals surface area contributed by atoms with Gasteiger partial charge in [-0.2, -0.15) is 5.26 Å². The Balaban J connectivity index is 1.88. The minimum Gasteiger partial charge on any atom is -0.297 e. The smallest absolute Gasteiger partial charge is 0.104 e. The third-order valence-corrected chi connectivity index (χ3v) is 4.83. The third-order valence-electron chi connectivity index (χ3n) is 3.10. The molecule has 0 aliphatic heterocycles. The monoisotopic (exact) mass is 314 g/mol. The highest BCUT2D eigenvalue weighted by molar-refractivity contribution is 7.99. The third kappa shape index (κ3) is 4.57. The summed E-state index contributed by atoms with van der Waals surface area (Å²) in [5.41, 5.74) is -0.445. The number of nitrogens with zero attached hydrogens (tertiary/aromatic N) is 1. The van der Waals surface area contributed by atoms with E-state index in [1.54, 1.807) is 23.9 Å². The highest BCUT2D eigenvalue weighted by atomic mass is 35.5. The predicted octanol–water partition coefficient (Wildman–Crippen LogP) is 4.51. The Hall–Kier alpha value is -0.400. The Morgan fingerprint density at radius 1 is 1.47 bits per heavy atom. The fourth-order valence-electron chi connectivity index (χ4n) is 1.79. The number of thioether (sulfide) groups is 1. The normalized spacial score (nSPS) is 17.8. The van der Waals surface area contributed by atoms with Crippen molar-refractivity contribution < 1.29 is 0 Å². The summed E-state index contributed by atoms with van der Waals surface area (Å²) in [5, 5.41) is 14.1. The van der Waals surface area contributed by atoms with Crippen molar-refractivity contribution >= 4 is 35.0 Å². The SMILES string of the molecule is CC(C#N)(CCSc1cc(Cl)ccc1Cl)NC1CC1. The van der Waals surface area contributed by atoms with Gasteiger partial charge >= 0.3 is 0 Å². The molecule has 1 aliphatic carbocycles. The lowest BCUT2D eigenvalue weighted by molar-refractivity contribution is 0.434. The lowest BCUT2D eigenvalue weighted by atomic mass is 10.0. The van der Waals surface area contributed by atoms with E-state index < -0.39 is 5.54 Å². The van der Waals surface area contributed by atoms with Gasteiger partial charge < -0.3 is 0 Å². The van der Waals surface area contributed by atoms with Crippen molar-refractivity contribution in [1.29, 1.82) is 5.26 Å². The molecule has 1 aromatic carbocycles. The van der Waals surface area contributed by atoms with Crippen molar-refractivity contribution in [2.45, 2.75) is 42.7 Å². The Morgan fingerprint density at radius 2 is 2.21 bits per heavy atom. The van der Waals surface area contributed by atoms with Crippen LogP contribution in [0.3, 0.4) is 0 Å². The highest BCUT2D eigenvalue weighted by Crippen LogP contribution is 2.32. The van der Waals surface area contributed by atoms with Crippen molar-refractivity contribution in [3.8, 4) is 6.07 Å². The molecule has 5 heteroatoms. The lowest BCUT2D eigenvalue weighted by Crippen LogP contribution is -2.42. The van der Waals surface area contributed by atoms with Crippen molar-refractivity contribution in [3.63, 3.8) is 0 Å². The molecule has 1 aromatic rings. The largest absolute Gasteiger partial charge is 0.297 e. The molecule has 1 N–H and O–H groups in total. The van der Waals surface area contributed by atoms with E-state index in [9.17, 15) is 5.26 Å². The molecule has 1 saturated carbocycles. The van der Waals surface area contributed by atoms with Gasteiger partial charge in [0.05, 0.1) is 11.1 Å². The number of benzene rings is 1. The van der Waals surface area contributed by atoms with Crippen molar-refractivity contribution in [2.24, 2.45) is 0 Å². The van der Waals surface area contributed by atoms with Gasteiger partial charge in [0.15, 0.2) is 0 Å². The van der Waals surface area contributed by atoms with E-state index in [2.05, 4.69) is 11.4 Å². The second-order valence-electron chi connectivity index (χ2n) is 5.04. The molecule has 0 radical (unpaired) electrons. The Kier molecular flexibility index (Phi) is 5.03. The Morgan fingerprint density at radius 3 is 2.84 bits per heavy atom. The summed E-state index contributed by atoms with van der Waals surface area (Å²) in [5.74, 6) is 0.837. The van der Waals surface area contributed by atoms with E-state index in [0.29, 0.717) is 16.1 Å².